The molecule has 0 spiro atoms. The number of rotatable bonds is 5. The summed E-state index contributed by atoms with van der Waals surface area (Å²) in [5.74, 6) is 0.190. The third kappa shape index (κ3) is 3.10. The van der Waals surface area contributed by atoms with Crippen LogP contribution in [0.15, 0.2) is 36.8 Å². The van der Waals surface area contributed by atoms with Gasteiger partial charge in [0.15, 0.2) is 0 Å². The zero-order chi connectivity index (χ0) is 18.3. The molecular formula is C19H23N5O2. The molecule has 3 aromatic rings. The number of pyridine rings is 1. The van der Waals surface area contributed by atoms with Gasteiger partial charge in [-0.25, -0.2) is 4.98 Å². The fraction of sp³-hybridized carbons (Fsp3) is 0.421. The first kappa shape index (κ1) is 16.8. The summed E-state index contributed by atoms with van der Waals surface area (Å²) in [7, 11) is 1.86. The van der Waals surface area contributed by atoms with Gasteiger partial charge in [0, 0.05) is 25.0 Å². The molecule has 1 aliphatic rings. The second-order valence-electron chi connectivity index (χ2n) is 7.13. The first-order valence-electron chi connectivity index (χ1n) is 8.90. The van der Waals surface area contributed by atoms with E-state index >= 15 is 0 Å². The van der Waals surface area contributed by atoms with Gasteiger partial charge in [-0.05, 0) is 37.8 Å². The van der Waals surface area contributed by atoms with Crippen molar-refractivity contribution in [2.45, 2.75) is 38.3 Å². The Morgan fingerprint density at radius 2 is 2.23 bits per heavy atom. The van der Waals surface area contributed by atoms with Gasteiger partial charge in [0.2, 0.25) is 5.91 Å². The molecule has 0 saturated heterocycles. The van der Waals surface area contributed by atoms with Crippen LogP contribution in [0.25, 0.3) is 5.65 Å². The number of carbonyl (C=O) groups is 1. The Morgan fingerprint density at radius 3 is 2.92 bits per heavy atom. The minimum atomic E-state index is -0.267. The number of aryl methyl sites for hydroxylation is 2. The Hall–Kier alpha value is -2.67. The number of aliphatic hydroxyl groups excluding tert-OH is 1. The number of hydrogen-bond donors (Lipinski definition) is 2. The van der Waals surface area contributed by atoms with Crippen molar-refractivity contribution in [2.24, 2.45) is 13.0 Å². The summed E-state index contributed by atoms with van der Waals surface area (Å²) >= 11 is 0. The highest BCUT2D eigenvalue weighted by Gasteiger charge is 2.36. The first-order chi connectivity index (χ1) is 12.5. The van der Waals surface area contributed by atoms with Gasteiger partial charge >= 0.3 is 0 Å². The van der Waals surface area contributed by atoms with Crippen LogP contribution in [0.3, 0.4) is 0 Å². The zero-order valence-electron chi connectivity index (χ0n) is 15.0. The van der Waals surface area contributed by atoms with Crippen LogP contribution in [0.1, 0.15) is 35.8 Å². The number of hydrogen-bond acceptors (Lipinski definition) is 4. The lowest BCUT2D eigenvalue weighted by atomic mass is 9.75. The largest absolute Gasteiger partial charge is 0.393 e. The van der Waals surface area contributed by atoms with Crippen LogP contribution in [0.4, 0.5) is 0 Å². The maximum absolute atomic E-state index is 12.8. The number of carbonyl (C=O) groups excluding carboxylic acids is 1. The highest BCUT2D eigenvalue weighted by molar-refractivity contribution is 5.79. The molecule has 0 bridgehead atoms. The molecule has 0 radical (unpaired) electrons. The van der Waals surface area contributed by atoms with E-state index in [4.69, 9.17) is 0 Å². The molecule has 26 heavy (non-hydrogen) atoms. The average molecular weight is 353 g/mol. The lowest BCUT2D eigenvalue weighted by molar-refractivity contribution is -0.122. The van der Waals surface area contributed by atoms with E-state index in [1.807, 2.05) is 49.0 Å². The van der Waals surface area contributed by atoms with Gasteiger partial charge in [0.25, 0.3) is 0 Å². The van der Waals surface area contributed by atoms with E-state index in [1.165, 1.54) is 0 Å². The number of nitrogens with one attached hydrogen (secondary N) is 1. The van der Waals surface area contributed by atoms with E-state index in [0.29, 0.717) is 12.8 Å². The van der Waals surface area contributed by atoms with Crippen molar-refractivity contribution in [3.8, 4) is 0 Å². The third-order valence-electron chi connectivity index (χ3n) is 5.18. The minimum Gasteiger partial charge on any atom is -0.393 e. The molecule has 3 aromatic heterocycles. The molecule has 3 heterocycles. The van der Waals surface area contributed by atoms with Crippen LogP contribution in [-0.4, -0.2) is 36.3 Å². The lowest BCUT2D eigenvalue weighted by Gasteiger charge is -2.37. The number of imidazole rings is 1. The Balaban J connectivity index is 1.53. The predicted octanol–water partition coefficient (Wildman–Crippen LogP) is 1.55. The van der Waals surface area contributed by atoms with Crippen molar-refractivity contribution in [2.75, 3.05) is 0 Å². The predicted molar refractivity (Wildman–Crippen MR) is 96.5 cm³/mol. The highest BCUT2D eigenvalue weighted by atomic mass is 16.3. The summed E-state index contributed by atoms with van der Waals surface area (Å²) in [6.45, 7) is 1.93. The lowest BCUT2D eigenvalue weighted by Crippen LogP contribution is -2.41. The van der Waals surface area contributed by atoms with E-state index in [2.05, 4.69) is 15.4 Å². The van der Waals surface area contributed by atoms with E-state index < -0.39 is 0 Å². The minimum absolute atomic E-state index is 0.0472. The van der Waals surface area contributed by atoms with Crippen LogP contribution in [0, 0.1) is 12.8 Å². The Morgan fingerprint density at radius 1 is 1.42 bits per heavy atom. The second-order valence-corrected chi connectivity index (χ2v) is 7.13. The van der Waals surface area contributed by atoms with Crippen LogP contribution in [0.2, 0.25) is 0 Å². The SMILES string of the molecule is Cc1nc2ccccn2c1CC(=O)N[C@H](c1cnn(C)c1)C1CC(O)C1. The standard InChI is InChI=1S/C19H23N5O2/c1-12-16(24-6-4-3-5-17(24)21-12)9-18(26)22-19(13-7-15(25)8-13)14-10-20-23(2)11-14/h3-6,10-11,13,15,19,25H,7-9H2,1-2H3,(H,22,26)/t13?,15?,19-/m0/s1. The molecule has 0 unspecified atom stereocenters. The van der Waals surface area contributed by atoms with Gasteiger partial charge < -0.3 is 14.8 Å². The molecule has 7 nitrogen and oxygen atoms in total. The highest BCUT2D eigenvalue weighted by Crippen LogP contribution is 2.38. The van der Waals surface area contributed by atoms with Gasteiger partial charge in [-0.1, -0.05) is 6.07 Å². The first-order valence-corrected chi connectivity index (χ1v) is 8.90. The van der Waals surface area contributed by atoms with Crippen LogP contribution < -0.4 is 5.32 Å². The van der Waals surface area contributed by atoms with Gasteiger partial charge in [-0.3, -0.25) is 9.48 Å². The van der Waals surface area contributed by atoms with Crippen molar-refractivity contribution in [1.29, 1.82) is 0 Å². The Bertz CT molecular complexity index is 938. The number of fused-ring (bicyclic) bond motifs is 1. The van der Waals surface area contributed by atoms with Gasteiger partial charge in [-0.15, -0.1) is 0 Å². The summed E-state index contributed by atoms with van der Waals surface area (Å²) in [6.07, 6.45) is 7.05. The monoisotopic (exact) mass is 353 g/mol. The van der Waals surface area contributed by atoms with E-state index in [0.717, 1.165) is 22.6 Å². The van der Waals surface area contributed by atoms with Gasteiger partial charge in [0.1, 0.15) is 5.65 Å². The average Bonchev–Trinajstić information content (AvgIpc) is 3.14. The van der Waals surface area contributed by atoms with Gasteiger partial charge in [0.05, 0.1) is 36.2 Å². The molecule has 136 valence electrons. The van der Waals surface area contributed by atoms with Crippen LogP contribution >= 0.6 is 0 Å². The quantitative estimate of drug-likeness (QED) is 0.729. The van der Waals surface area contributed by atoms with Crippen molar-refractivity contribution in [1.82, 2.24) is 24.5 Å². The summed E-state index contributed by atoms with van der Waals surface area (Å²) in [6, 6.07) is 5.68. The molecular weight excluding hydrogens is 330 g/mol. The molecule has 1 aliphatic carbocycles. The topological polar surface area (TPSA) is 84.5 Å². The summed E-state index contributed by atoms with van der Waals surface area (Å²) in [5.41, 5.74) is 3.59. The second kappa shape index (κ2) is 6.57. The number of nitrogens with zero attached hydrogens (tertiary/aromatic N) is 4. The third-order valence-corrected chi connectivity index (χ3v) is 5.18. The van der Waals surface area contributed by atoms with Crippen LogP contribution in [-0.2, 0) is 18.3 Å². The summed E-state index contributed by atoms with van der Waals surface area (Å²) in [5, 5.41) is 17.0. The number of amides is 1. The Labute approximate surface area is 151 Å². The van der Waals surface area contributed by atoms with Crippen molar-refractivity contribution < 1.29 is 9.90 Å². The maximum Gasteiger partial charge on any atom is 0.226 e. The number of aliphatic hydroxyl groups is 1. The normalized spacial score (nSPS) is 20.7. The van der Waals surface area contributed by atoms with E-state index in [9.17, 15) is 9.90 Å². The van der Waals surface area contributed by atoms with E-state index in [1.54, 1.807) is 10.9 Å². The maximum atomic E-state index is 12.8. The fourth-order valence-corrected chi connectivity index (χ4v) is 3.73. The molecule has 4 rings (SSSR count). The summed E-state index contributed by atoms with van der Waals surface area (Å²) < 4.78 is 3.69. The molecule has 0 aliphatic heterocycles. The molecule has 2 N–H and O–H groups in total. The van der Waals surface area contributed by atoms with Crippen molar-refractivity contribution in [3.05, 3.63) is 53.7 Å². The molecule has 1 atom stereocenters. The molecule has 1 amide bonds. The van der Waals surface area contributed by atoms with Crippen molar-refractivity contribution >= 4 is 11.6 Å². The van der Waals surface area contributed by atoms with Crippen LogP contribution in [0.5, 0.6) is 0 Å². The number of aromatic nitrogens is 4. The fourth-order valence-electron chi connectivity index (χ4n) is 3.73. The molecule has 1 saturated carbocycles. The Kier molecular flexibility index (Phi) is 4.24. The molecule has 7 heteroatoms. The molecule has 0 aromatic carbocycles. The zero-order valence-corrected chi connectivity index (χ0v) is 15.0. The van der Waals surface area contributed by atoms with Crippen molar-refractivity contribution in [3.63, 3.8) is 0 Å². The van der Waals surface area contributed by atoms with E-state index in [-0.39, 0.29) is 30.4 Å². The van der Waals surface area contributed by atoms with Gasteiger partial charge in [-0.2, -0.15) is 5.10 Å². The summed E-state index contributed by atoms with van der Waals surface area (Å²) in [4.78, 5) is 17.3. The molecule has 1 fully saturated rings. The smallest absolute Gasteiger partial charge is 0.226 e.